The summed E-state index contributed by atoms with van der Waals surface area (Å²) in [7, 11) is 0. The zero-order valence-electron chi connectivity index (χ0n) is 29.2. The molecule has 51 heavy (non-hydrogen) atoms. The highest BCUT2D eigenvalue weighted by Gasteiger charge is 2.29. The van der Waals surface area contributed by atoms with E-state index in [-0.39, 0.29) is 40.7 Å². The largest absolute Gasteiger partial charge is 0.492 e. The number of nitrogens with one attached hydrogen (secondary N) is 2. The molecule has 7 rings (SSSR count). The maximum absolute atomic E-state index is 13.5. The number of amides is 2. The minimum atomic E-state index is -0.278. The minimum Gasteiger partial charge on any atom is -0.492 e. The fraction of sp³-hybridized carbons (Fsp3) is 0.447. The van der Waals surface area contributed by atoms with Gasteiger partial charge in [0.2, 0.25) is 17.8 Å². The summed E-state index contributed by atoms with van der Waals surface area (Å²) in [4.78, 5) is 68.3. The number of rotatable bonds is 11. The molecule has 0 bridgehead atoms. The van der Waals surface area contributed by atoms with Crippen LogP contribution in [0, 0.1) is 6.92 Å². The molecule has 0 spiro atoms. The smallest absolute Gasteiger partial charge is 0.263 e. The highest BCUT2D eigenvalue weighted by atomic mass is 16.5. The number of Topliss-reactive ketones (excluding diaryl/α,β-unsaturated/α-hetero) is 1. The minimum absolute atomic E-state index is 0.0111. The monoisotopic (exact) mass is 692 g/mol. The van der Waals surface area contributed by atoms with Gasteiger partial charge in [-0.25, -0.2) is 9.97 Å². The number of anilines is 3. The molecule has 2 amide bonds. The Morgan fingerprint density at radius 2 is 1.80 bits per heavy atom. The molecule has 13 heteroatoms. The first-order valence-electron chi connectivity index (χ1n) is 17.9. The molecule has 0 radical (unpaired) electrons. The molecule has 2 N–H and O–H groups in total. The van der Waals surface area contributed by atoms with Gasteiger partial charge in [0.1, 0.15) is 17.2 Å². The van der Waals surface area contributed by atoms with Crippen LogP contribution in [0.25, 0.3) is 11.0 Å². The van der Waals surface area contributed by atoms with Crippen molar-refractivity contribution < 1.29 is 19.1 Å². The topological polar surface area (TPSA) is 152 Å². The van der Waals surface area contributed by atoms with Crippen LogP contribution in [0.2, 0.25) is 0 Å². The van der Waals surface area contributed by atoms with Gasteiger partial charge in [0, 0.05) is 62.5 Å². The van der Waals surface area contributed by atoms with E-state index in [9.17, 15) is 19.2 Å². The maximum Gasteiger partial charge on any atom is 0.263 e. The summed E-state index contributed by atoms with van der Waals surface area (Å²) in [6, 6.07) is 11.8. The predicted molar refractivity (Wildman–Crippen MR) is 194 cm³/mol. The van der Waals surface area contributed by atoms with Crippen LogP contribution in [0.15, 0.2) is 53.6 Å². The maximum atomic E-state index is 13.5. The Bertz CT molecular complexity index is 2000. The average Bonchev–Trinajstić information content (AvgIpc) is 3.66. The van der Waals surface area contributed by atoms with E-state index in [1.54, 1.807) is 23.9 Å². The lowest BCUT2D eigenvalue weighted by Gasteiger charge is -2.36. The number of benzene rings is 1. The molecular formula is C38H44N8O5. The number of carbonyl (C=O) groups is 3. The SMILES string of the molecule is CC(=O)c1c(C)c2cnc(Nc3ccc(OCCCN4CCN(c5cccc(C6CCC(=O)NC6=O)c5)CC4)cn3)nc2n(C2CCCC2)c1=O. The van der Waals surface area contributed by atoms with Crippen LogP contribution in [0.1, 0.15) is 85.3 Å². The molecule has 266 valence electrons. The van der Waals surface area contributed by atoms with Crippen LogP contribution >= 0.6 is 0 Å². The second kappa shape index (κ2) is 15.0. The Labute approximate surface area is 296 Å². The van der Waals surface area contributed by atoms with Crippen molar-refractivity contribution >= 4 is 46.1 Å². The number of ketones is 1. The lowest BCUT2D eigenvalue weighted by atomic mass is 9.90. The van der Waals surface area contributed by atoms with Gasteiger partial charge in [-0.05, 0) is 74.9 Å². The normalized spacial score (nSPS) is 18.6. The van der Waals surface area contributed by atoms with Crippen molar-refractivity contribution in [2.45, 2.75) is 70.8 Å². The van der Waals surface area contributed by atoms with Crippen molar-refractivity contribution in [3.05, 3.63) is 75.8 Å². The second-order valence-electron chi connectivity index (χ2n) is 13.7. The summed E-state index contributed by atoms with van der Waals surface area (Å²) in [5.41, 5.74) is 3.15. The third-order valence-corrected chi connectivity index (χ3v) is 10.4. The summed E-state index contributed by atoms with van der Waals surface area (Å²) in [5.74, 6) is 0.626. The molecule has 3 fully saturated rings. The number of piperazine rings is 1. The summed E-state index contributed by atoms with van der Waals surface area (Å²) in [6.45, 7) is 8.39. The quantitative estimate of drug-likeness (QED) is 0.128. The number of carbonyl (C=O) groups excluding carboxylic acids is 3. The summed E-state index contributed by atoms with van der Waals surface area (Å²) < 4.78 is 7.69. The van der Waals surface area contributed by atoms with Crippen molar-refractivity contribution in [1.82, 2.24) is 29.7 Å². The standard InChI is InChI=1S/C38H44N8O5/c1-24-31-23-40-38(43-35(31)46(27-8-3-4-9-27)37(50)34(24)25(2)47)41-32-13-11-29(22-39-32)51-20-6-15-44-16-18-45(19-17-44)28-10-5-7-26(21-28)30-12-14-33(48)42-36(30)49/h5,7,10-11,13,21-23,27,30H,3-4,6,8-9,12,14-20H2,1-2H3,(H,42,48,49)(H,39,40,41,43). The molecule has 1 unspecified atom stereocenters. The molecule has 2 aliphatic heterocycles. The first kappa shape index (κ1) is 34.3. The predicted octanol–water partition coefficient (Wildman–Crippen LogP) is 4.67. The van der Waals surface area contributed by atoms with Gasteiger partial charge in [0.05, 0.1) is 24.3 Å². The van der Waals surface area contributed by atoms with Crippen molar-refractivity contribution in [2.75, 3.05) is 49.5 Å². The van der Waals surface area contributed by atoms with E-state index < -0.39 is 0 Å². The van der Waals surface area contributed by atoms with Crippen LogP contribution in [0.4, 0.5) is 17.5 Å². The molecule has 13 nitrogen and oxygen atoms in total. The molecule has 5 heterocycles. The van der Waals surface area contributed by atoms with Crippen LogP contribution in [0.5, 0.6) is 5.75 Å². The van der Waals surface area contributed by atoms with Gasteiger partial charge in [-0.2, -0.15) is 4.98 Å². The van der Waals surface area contributed by atoms with Gasteiger partial charge in [-0.3, -0.25) is 34.0 Å². The van der Waals surface area contributed by atoms with E-state index in [0.29, 0.717) is 53.6 Å². The number of aromatic nitrogens is 4. The van der Waals surface area contributed by atoms with Crippen LogP contribution in [-0.4, -0.2) is 81.3 Å². The average molecular weight is 693 g/mol. The van der Waals surface area contributed by atoms with E-state index in [0.717, 1.165) is 76.1 Å². The van der Waals surface area contributed by atoms with E-state index in [1.807, 2.05) is 24.3 Å². The van der Waals surface area contributed by atoms with Gasteiger partial charge < -0.3 is 15.0 Å². The third kappa shape index (κ3) is 7.48. The summed E-state index contributed by atoms with van der Waals surface area (Å²) >= 11 is 0. The molecule has 3 aliphatic rings. The van der Waals surface area contributed by atoms with Crippen LogP contribution in [0.3, 0.4) is 0 Å². The molecule has 1 aliphatic carbocycles. The molecule has 1 saturated carbocycles. The Morgan fingerprint density at radius 3 is 2.53 bits per heavy atom. The number of hydrogen-bond donors (Lipinski definition) is 2. The van der Waals surface area contributed by atoms with E-state index in [4.69, 9.17) is 9.72 Å². The first-order valence-corrected chi connectivity index (χ1v) is 17.9. The van der Waals surface area contributed by atoms with E-state index in [1.165, 1.54) is 6.92 Å². The number of pyridine rings is 2. The number of aryl methyl sites for hydroxylation is 1. The number of fused-ring (bicyclic) bond motifs is 1. The van der Waals surface area contributed by atoms with Gasteiger partial charge in [-0.15, -0.1) is 0 Å². The molecular weight excluding hydrogens is 648 g/mol. The third-order valence-electron chi connectivity index (χ3n) is 10.4. The van der Waals surface area contributed by atoms with Crippen LogP contribution < -0.4 is 25.8 Å². The summed E-state index contributed by atoms with van der Waals surface area (Å²) in [6.07, 6.45) is 9.00. The Hall–Kier alpha value is -5.17. The highest BCUT2D eigenvalue weighted by molar-refractivity contribution is 6.01. The lowest BCUT2D eigenvalue weighted by molar-refractivity contribution is -0.134. The van der Waals surface area contributed by atoms with Gasteiger partial charge in [0.25, 0.3) is 5.56 Å². The molecule has 2 saturated heterocycles. The fourth-order valence-electron chi connectivity index (χ4n) is 7.62. The van der Waals surface area contributed by atoms with Crippen molar-refractivity contribution in [1.29, 1.82) is 0 Å². The van der Waals surface area contributed by atoms with Gasteiger partial charge >= 0.3 is 0 Å². The fourth-order valence-corrected chi connectivity index (χ4v) is 7.62. The van der Waals surface area contributed by atoms with Crippen molar-refractivity contribution in [3.8, 4) is 5.75 Å². The van der Waals surface area contributed by atoms with Gasteiger partial charge in [0.15, 0.2) is 5.78 Å². The molecule has 4 aromatic rings. The number of nitrogens with zero attached hydrogens (tertiary/aromatic N) is 6. The van der Waals surface area contributed by atoms with E-state index in [2.05, 4.69) is 42.5 Å². The molecule has 1 aromatic carbocycles. The number of piperidine rings is 1. The number of ether oxygens (including phenoxy) is 1. The first-order chi connectivity index (χ1) is 24.7. The van der Waals surface area contributed by atoms with Crippen molar-refractivity contribution in [2.24, 2.45) is 0 Å². The Balaban J connectivity index is 0.898. The lowest BCUT2D eigenvalue weighted by Crippen LogP contribution is -2.46. The molecule has 3 aromatic heterocycles. The number of imide groups is 1. The Morgan fingerprint density at radius 1 is 1.00 bits per heavy atom. The second-order valence-corrected chi connectivity index (χ2v) is 13.7. The van der Waals surface area contributed by atoms with E-state index >= 15 is 0 Å². The van der Waals surface area contributed by atoms with Crippen LogP contribution in [-0.2, 0) is 9.59 Å². The molecule has 1 atom stereocenters. The summed E-state index contributed by atoms with van der Waals surface area (Å²) in [5, 5.41) is 6.32. The number of hydrogen-bond acceptors (Lipinski definition) is 11. The zero-order valence-corrected chi connectivity index (χ0v) is 29.2. The highest BCUT2D eigenvalue weighted by Crippen LogP contribution is 2.32. The Kier molecular flexibility index (Phi) is 10.1. The van der Waals surface area contributed by atoms with Crippen molar-refractivity contribution in [3.63, 3.8) is 0 Å². The van der Waals surface area contributed by atoms with Gasteiger partial charge in [-0.1, -0.05) is 25.0 Å². The zero-order chi connectivity index (χ0) is 35.5.